The van der Waals surface area contributed by atoms with Crippen molar-refractivity contribution in [3.63, 3.8) is 0 Å². The molecule has 1 aliphatic rings. The van der Waals surface area contributed by atoms with Crippen LogP contribution in [0.1, 0.15) is 37.8 Å². The normalized spacial score (nSPS) is 21.9. The third-order valence-electron chi connectivity index (χ3n) is 4.13. The average molecular weight is 315 g/mol. The van der Waals surface area contributed by atoms with Gasteiger partial charge in [0.15, 0.2) is 0 Å². The largest absolute Gasteiger partial charge is 0.310 e. The lowest BCUT2D eigenvalue weighted by Gasteiger charge is -2.31. The molecule has 1 aromatic rings. The van der Waals surface area contributed by atoms with Crippen LogP contribution in [0.5, 0.6) is 0 Å². The summed E-state index contributed by atoms with van der Waals surface area (Å²) in [4.78, 5) is 2.43. The molecule has 20 heavy (non-hydrogen) atoms. The molecule has 0 aliphatic carbocycles. The van der Waals surface area contributed by atoms with E-state index in [4.69, 9.17) is 23.2 Å². The summed E-state index contributed by atoms with van der Waals surface area (Å²) in [5.74, 6) is 0.755. The maximum Gasteiger partial charge on any atom is 0.0595 e. The number of hydrogen-bond acceptors (Lipinski definition) is 2. The molecule has 1 fully saturated rings. The molecule has 112 valence electrons. The van der Waals surface area contributed by atoms with Gasteiger partial charge in [0.1, 0.15) is 0 Å². The van der Waals surface area contributed by atoms with E-state index in [-0.39, 0.29) is 0 Å². The second-order valence-electron chi connectivity index (χ2n) is 5.81. The predicted octanol–water partition coefficient (Wildman–Crippen LogP) is 4.38. The van der Waals surface area contributed by atoms with Gasteiger partial charge in [-0.15, -0.1) is 0 Å². The van der Waals surface area contributed by atoms with Gasteiger partial charge in [-0.1, -0.05) is 36.2 Å². The summed E-state index contributed by atoms with van der Waals surface area (Å²) in [5.41, 5.74) is 1.23. The van der Waals surface area contributed by atoms with E-state index in [9.17, 15) is 0 Å². The molecule has 1 N–H and O–H groups in total. The molecule has 0 bridgehead atoms. The fraction of sp³-hybridized carbons (Fsp3) is 0.625. The minimum Gasteiger partial charge on any atom is -0.310 e. The Bertz CT molecular complexity index is 436. The van der Waals surface area contributed by atoms with E-state index >= 15 is 0 Å². The number of rotatable bonds is 5. The van der Waals surface area contributed by atoms with Crippen LogP contribution in [0, 0.1) is 5.92 Å². The van der Waals surface area contributed by atoms with Crippen molar-refractivity contribution in [1.29, 1.82) is 0 Å². The van der Waals surface area contributed by atoms with E-state index in [1.807, 2.05) is 12.1 Å². The summed E-state index contributed by atoms with van der Waals surface area (Å²) >= 11 is 12.1. The molecule has 0 aromatic heterocycles. The lowest BCUT2D eigenvalue weighted by atomic mass is 9.97. The number of likely N-dealkylation sites (tertiary alicyclic amines) is 1. The molecule has 0 spiro atoms. The molecule has 0 radical (unpaired) electrons. The molecule has 1 aliphatic heterocycles. The molecule has 2 atom stereocenters. The Morgan fingerprint density at radius 1 is 1.35 bits per heavy atom. The minimum absolute atomic E-state index is 0.358. The summed E-state index contributed by atoms with van der Waals surface area (Å²) < 4.78 is 0. The van der Waals surface area contributed by atoms with Crippen molar-refractivity contribution in [3.8, 4) is 0 Å². The van der Waals surface area contributed by atoms with Crippen molar-refractivity contribution < 1.29 is 0 Å². The molecular formula is C16H24Cl2N2. The van der Waals surface area contributed by atoms with Crippen molar-refractivity contribution in [1.82, 2.24) is 10.2 Å². The molecule has 1 aromatic carbocycles. The van der Waals surface area contributed by atoms with E-state index in [1.165, 1.54) is 31.5 Å². The van der Waals surface area contributed by atoms with Gasteiger partial charge >= 0.3 is 0 Å². The smallest absolute Gasteiger partial charge is 0.0595 e. The van der Waals surface area contributed by atoms with Crippen LogP contribution in [0.3, 0.4) is 0 Å². The summed E-state index contributed by atoms with van der Waals surface area (Å²) in [5, 5.41) is 4.96. The standard InChI is InChI=1S/C16H24Cl2N2/c1-3-16(13-6-7-14(17)15(18)9-13)19-10-12-5-4-8-20(2)11-12/h6-7,9,12,16,19H,3-5,8,10-11H2,1-2H3. The Labute approximate surface area is 132 Å². The molecule has 2 unspecified atom stereocenters. The van der Waals surface area contributed by atoms with Crippen LogP contribution in [0.2, 0.25) is 10.0 Å². The highest BCUT2D eigenvalue weighted by molar-refractivity contribution is 6.42. The second kappa shape index (κ2) is 7.65. The average Bonchev–Trinajstić information content (AvgIpc) is 2.43. The van der Waals surface area contributed by atoms with Crippen LogP contribution in [0.25, 0.3) is 0 Å². The number of hydrogen-bond donors (Lipinski definition) is 1. The molecule has 2 nitrogen and oxygen atoms in total. The van der Waals surface area contributed by atoms with Gasteiger partial charge < -0.3 is 10.2 Å². The van der Waals surface area contributed by atoms with Gasteiger partial charge in [0.25, 0.3) is 0 Å². The van der Waals surface area contributed by atoms with Gasteiger partial charge in [-0.05, 0) is 63.0 Å². The van der Waals surface area contributed by atoms with Crippen molar-refractivity contribution in [3.05, 3.63) is 33.8 Å². The van der Waals surface area contributed by atoms with Gasteiger partial charge in [0, 0.05) is 12.6 Å². The first-order valence-electron chi connectivity index (χ1n) is 7.47. The third kappa shape index (κ3) is 4.36. The van der Waals surface area contributed by atoms with E-state index in [0.29, 0.717) is 16.1 Å². The van der Waals surface area contributed by atoms with Gasteiger partial charge in [-0.25, -0.2) is 0 Å². The van der Waals surface area contributed by atoms with Crippen LogP contribution in [0.4, 0.5) is 0 Å². The Balaban J connectivity index is 1.93. The Morgan fingerprint density at radius 2 is 2.15 bits per heavy atom. The molecule has 1 heterocycles. The zero-order valence-corrected chi connectivity index (χ0v) is 13.8. The van der Waals surface area contributed by atoms with Crippen molar-refractivity contribution in [2.75, 3.05) is 26.7 Å². The first-order valence-corrected chi connectivity index (χ1v) is 8.22. The Kier molecular flexibility index (Phi) is 6.16. The fourth-order valence-corrected chi connectivity index (χ4v) is 3.28. The molecule has 4 heteroatoms. The van der Waals surface area contributed by atoms with Crippen LogP contribution in [-0.4, -0.2) is 31.6 Å². The van der Waals surface area contributed by atoms with E-state index in [0.717, 1.165) is 18.9 Å². The van der Waals surface area contributed by atoms with Crippen molar-refractivity contribution >= 4 is 23.2 Å². The van der Waals surface area contributed by atoms with Crippen LogP contribution in [0.15, 0.2) is 18.2 Å². The number of piperidine rings is 1. The van der Waals surface area contributed by atoms with Gasteiger partial charge in [0.2, 0.25) is 0 Å². The SMILES string of the molecule is CCC(NCC1CCCN(C)C1)c1ccc(Cl)c(Cl)c1. The number of nitrogens with one attached hydrogen (secondary N) is 1. The summed E-state index contributed by atoms with van der Waals surface area (Å²) in [6.45, 7) is 5.71. The van der Waals surface area contributed by atoms with E-state index < -0.39 is 0 Å². The van der Waals surface area contributed by atoms with Gasteiger partial charge in [0.05, 0.1) is 10.0 Å². The monoisotopic (exact) mass is 314 g/mol. The highest BCUT2D eigenvalue weighted by Gasteiger charge is 2.18. The first-order chi connectivity index (χ1) is 9.60. The topological polar surface area (TPSA) is 15.3 Å². The summed E-state index contributed by atoms with van der Waals surface area (Å²) in [6.07, 6.45) is 3.70. The predicted molar refractivity (Wildman–Crippen MR) is 87.7 cm³/mol. The summed E-state index contributed by atoms with van der Waals surface area (Å²) in [7, 11) is 2.21. The summed E-state index contributed by atoms with van der Waals surface area (Å²) in [6, 6.07) is 6.30. The maximum atomic E-state index is 6.12. The third-order valence-corrected chi connectivity index (χ3v) is 4.87. The minimum atomic E-state index is 0.358. The molecule has 0 saturated carbocycles. The lowest BCUT2D eigenvalue weighted by Crippen LogP contribution is -2.38. The number of benzene rings is 1. The highest BCUT2D eigenvalue weighted by atomic mass is 35.5. The van der Waals surface area contributed by atoms with E-state index in [1.54, 1.807) is 0 Å². The molecular weight excluding hydrogens is 291 g/mol. The number of halogens is 2. The van der Waals surface area contributed by atoms with Crippen LogP contribution in [-0.2, 0) is 0 Å². The molecule has 0 amide bonds. The molecule has 1 saturated heterocycles. The van der Waals surface area contributed by atoms with Crippen molar-refractivity contribution in [2.24, 2.45) is 5.92 Å². The zero-order chi connectivity index (χ0) is 14.5. The first kappa shape index (κ1) is 16.1. The zero-order valence-electron chi connectivity index (χ0n) is 12.3. The highest BCUT2D eigenvalue weighted by Crippen LogP contribution is 2.27. The lowest BCUT2D eigenvalue weighted by molar-refractivity contribution is 0.202. The quantitative estimate of drug-likeness (QED) is 0.867. The van der Waals surface area contributed by atoms with E-state index in [2.05, 4.69) is 30.3 Å². The second-order valence-corrected chi connectivity index (χ2v) is 6.63. The van der Waals surface area contributed by atoms with Gasteiger partial charge in [-0.2, -0.15) is 0 Å². The van der Waals surface area contributed by atoms with Gasteiger partial charge in [-0.3, -0.25) is 0 Å². The Hall–Kier alpha value is -0.280. The van der Waals surface area contributed by atoms with Crippen molar-refractivity contribution in [2.45, 2.75) is 32.2 Å². The fourth-order valence-electron chi connectivity index (χ4n) is 2.98. The Morgan fingerprint density at radius 3 is 2.80 bits per heavy atom. The van der Waals surface area contributed by atoms with Crippen LogP contribution >= 0.6 is 23.2 Å². The molecule has 2 rings (SSSR count). The number of nitrogens with zero attached hydrogens (tertiary/aromatic N) is 1. The van der Waals surface area contributed by atoms with Crippen LogP contribution < -0.4 is 5.32 Å². The maximum absolute atomic E-state index is 6.12.